The molecule has 4 rings (SSSR count). The zero-order valence-electron chi connectivity index (χ0n) is 17.0. The number of aromatic nitrogens is 2. The number of hydrogen-bond acceptors (Lipinski definition) is 6. The normalized spacial score (nSPS) is 18.2. The van der Waals surface area contributed by atoms with Gasteiger partial charge in [0.05, 0.1) is 5.56 Å². The molecule has 2 heterocycles. The monoisotopic (exact) mass is 410 g/mol. The molecule has 29 heavy (non-hydrogen) atoms. The standard InChI is InChI=1S/C22H26N4O2S/c1-4-12-29-22-24-20-19(21(28)25-22)17(13-8-10-14(11-9-13)26(2)3)18-15(23-20)6-5-7-16(18)27/h8-11,17H,4-7,12H2,1-3H3,(H2,23,24,25,28). The Morgan fingerprint density at radius 2 is 1.93 bits per heavy atom. The van der Waals surface area contributed by atoms with Crippen molar-refractivity contribution in [3.05, 3.63) is 57.0 Å². The van der Waals surface area contributed by atoms with Crippen LogP contribution in [0.15, 0.2) is 45.5 Å². The van der Waals surface area contributed by atoms with Crippen LogP contribution in [0.1, 0.15) is 49.7 Å². The van der Waals surface area contributed by atoms with Gasteiger partial charge < -0.3 is 15.2 Å². The minimum Gasteiger partial charge on any atom is -0.378 e. The van der Waals surface area contributed by atoms with Crippen LogP contribution in [0.5, 0.6) is 0 Å². The number of hydrogen-bond donors (Lipinski definition) is 2. The summed E-state index contributed by atoms with van der Waals surface area (Å²) in [5.41, 5.74) is 4.03. The van der Waals surface area contributed by atoms with E-state index in [2.05, 4.69) is 17.2 Å². The molecule has 152 valence electrons. The van der Waals surface area contributed by atoms with Gasteiger partial charge in [0.1, 0.15) is 5.82 Å². The highest BCUT2D eigenvalue weighted by Crippen LogP contribution is 2.43. The molecule has 1 aromatic heterocycles. The van der Waals surface area contributed by atoms with Crippen molar-refractivity contribution < 1.29 is 4.79 Å². The molecule has 1 unspecified atom stereocenters. The highest BCUT2D eigenvalue weighted by atomic mass is 32.2. The van der Waals surface area contributed by atoms with Crippen molar-refractivity contribution in [3.63, 3.8) is 0 Å². The first-order chi connectivity index (χ1) is 14.0. The number of nitrogens with zero attached hydrogens (tertiary/aromatic N) is 2. The van der Waals surface area contributed by atoms with Crippen LogP contribution in [0.25, 0.3) is 0 Å². The number of carbonyl (C=O) groups excluding carboxylic acids is 1. The summed E-state index contributed by atoms with van der Waals surface area (Å²) >= 11 is 1.54. The highest BCUT2D eigenvalue weighted by molar-refractivity contribution is 7.99. The molecule has 1 atom stereocenters. The Hall–Kier alpha value is -2.54. The van der Waals surface area contributed by atoms with Crippen LogP contribution in [0.3, 0.4) is 0 Å². The number of carbonyl (C=O) groups is 1. The van der Waals surface area contributed by atoms with E-state index < -0.39 is 0 Å². The van der Waals surface area contributed by atoms with E-state index in [4.69, 9.17) is 4.98 Å². The van der Waals surface area contributed by atoms with Crippen LogP contribution < -0.4 is 15.8 Å². The Kier molecular flexibility index (Phi) is 5.50. The molecule has 0 radical (unpaired) electrons. The van der Waals surface area contributed by atoms with Gasteiger partial charge in [-0.3, -0.25) is 9.59 Å². The number of rotatable bonds is 5. The number of H-pyrrole nitrogens is 1. The van der Waals surface area contributed by atoms with Crippen molar-refractivity contribution in [2.75, 3.05) is 30.1 Å². The third-order valence-electron chi connectivity index (χ3n) is 5.42. The van der Waals surface area contributed by atoms with E-state index in [-0.39, 0.29) is 17.3 Å². The molecule has 2 aliphatic rings. The Morgan fingerprint density at radius 1 is 1.17 bits per heavy atom. The fraction of sp³-hybridized carbons (Fsp3) is 0.409. The van der Waals surface area contributed by atoms with E-state index in [9.17, 15) is 9.59 Å². The molecule has 6 nitrogen and oxygen atoms in total. The van der Waals surface area contributed by atoms with Crippen LogP contribution in [0, 0.1) is 0 Å². The summed E-state index contributed by atoms with van der Waals surface area (Å²) in [4.78, 5) is 35.6. The lowest BCUT2D eigenvalue weighted by molar-refractivity contribution is -0.116. The third kappa shape index (κ3) is 3.71. The van der Waals surface area contributed by atoms with Gasteiger partial charge in [-0.1, -0.05) is 30.8 Å². The summed E-state index contributed by atoms with van der Waals surface area (Å²) in [5.74, 6) is 1.22. The number of thioether (sulfide) groups is 1. The minimum absolute atomic E-state index is 0.120. The second-order valence-corrected chi connectivity index (χ2v) is 8.78. The molecule has 1 aromatic carbocycles. The lowest BCUT2D eigenvalue weighted by atomic mass is 9.76. The fourth-order valence-electron chi connectivity index (χ4n) is 4.01. The number of allylic oxidation sites excluding steroid dienone is 2. The zero-order valence-corrected chi connectivity index (χ0v) is 17.9. The Labute approximate surface area is 174 Å². The first-order valence-corrected chi connectivity index (χ1v) is 11.1. The number of Topliss-reactive ketones (excluding diaryl/α,β-unsaturated/α-hetero) is 1. The summed E-state index contributed by atoms with van der Waals surface area (Å²) in [7, 11) is 3.98. The van der Waals surface area contributed by atoms with Crippen LogP contribution in [0.2, 0.25) is 0 Å². The summed E-state index contributed by atoms with van der Waals surface area (Å²) in [6, 6.07) is 8.08. The predicted octanol–water partition coefficient (Wildman–Crippen LogP) is 3.90. The third-order valence-corrected chi connectivity index (χ3v) is 6.50. The van der Waals surface area contributed by atoms with Gasteiger partial charge in [0, 0.05) is 49.1 Å². The van der Waals surface area contributed by atoms with Crippen molar-refractivity contribution in [2.24, 2.45) is 0 Å². The molecule has 1 aliphatic heterocycles. The lowest BCUT2D eigenvalue weighted by Crippen LogP contribution is -2.32. The van der Waals surface area contributed by atoms with E-state index >= 15 is 0 Å². The van der Waals surface area contributed by atoms with Gasteiger partial charge in [-0.25, -0.2) is 4.98 Å². The van der Waals surface area contributed by atoms with Crippen molar-refractivity contribution >= 4 is 29.1 Å². The smallest absolute Gasteiger partial charge is 0.257 e. The molecule has 1 aliphatic carbocycles. The van der Waals surface area contributed by atoms with Gasteiger partial charge in [0.2, 0.25) is 0 Å². The Bertz CT molecular complexity index is 1020. The van der Waals surface area contributed by atoms with E-state index in [1.54, 1.807) is 11.8 Å². The number of anilines is 2. The first kappa shape index (κ1) is 19.8. The topological polar surface area (TPSA) is 78.1 Å². The van der Waals surface area contributed by atoms with Gasteiger partial charge in [0.25, 0.3) is 5.56 Å². The first-order valence-electron chi connectivity index (χ1n) is 10.1. The molecule has 0 spiro atoms. The molecular weight excluding hydrogens is 384 g/mol. The van der Waals surface area contributed by atoms with E-state index in [1.807, 2.05) is 43.3 Å². The molecule has 0 saturated carbocycles. The van der Waals surface area contributed by atoms with Gasteiger partial charge in [0.15, 0.2) is 10.9 Å². The number of benzene rings is 1. The van der Waals surface area contributed by atoms with Gasteiger partial charge in [-0.2, -0.15) is 0 Å². The number of fused-ring (bicyclic) bond motifs is 1. The minimum atomic E-state index is -0.383. The molecular formula is C22H26N4O2S. The average Bonchev–Trinajstić information content (AvgIpc) is 2.71. The molecule has 2 N–H and O–H groups in total. The average molecular weight is 411 g/mol. The fourth-order valence-corrected chi connectivity index (χ4v) is 4.72. The quantitative estimate of drug-likeness (QED) is 0.575. The maximum atomic E-state index is 13.1. The van der Waals surface area contributed by atoms with Crippen molar-refractivity contribution in [2.45, 2.75) is 43.7 Å². The van der Waals surface area contributed by atoms with Gasteiger partial charge >= 0.3 is 0 Å². The van der Waals surface area contributed by atoms with Crippen LogP contribution in [-0.2, 0) is 4.79 Å². The predicted molar refractivity (Wildman–Crippen MR) is 118 cm³/mol. The second kappa shape index (κ2) is 8.06. The van der Waals surface area contributed by atoms with E-state index in [0.29, 0.717) is 23.0 Å². The van der Waals surface area contributed by atoms with Crippen LogP contribution in [0.4, 0.5) is 11.5 Å². The summed E-state index contributed by atoms with van der Waals surface area (Å²) < 4.78 is 0. The van der Waals surface area contributed by atoms with Gasteiger partial charge in [-0.05, 0) is 37.0 Å². The SMILES string of the molecule is CCCSc1nc2c(c(=O)[nH]1)C(c1ccc(N(C)C)cc1)C1=C(CCCC1=O)N2. The molecule has 0 saturated heterocycles. The number of nitrogens with one attached hydrogen (secondary N) is 2. The van der Waals surface area contributed by atoms with Crippen molar-refractivity contribution in [1.82, 2.24) is 9.97 Å². The molecule has 0 amide bonds. The van der Waals surface area contributed by atoms with Gasteiger partial charge in [-0.15, -0.1) is 0 Å². The summed E-state index contributed by atoms with van der Waals surface area (Å²) in [6.07, 6.45) is 3.16. The molecule has 7 heteroatoms. The lowest BCUT2D eigenvalue weighted by Gasteiger charge is -2.33. The Balaban J connectivity index is 1.86. The maximum absolute atomic E-state index is 13.1. The zero-order chi connectivity index (χ0) is 20.5. The Morgan fingerprint density at radius 3 is 2.62 bits per heavy atom. The summed E-state index contributed by atoms with van der Waals surface area (Å²) in [5, 5.41) is 3.94. The second-order valence-electron chi connectivity index (χ2n) is 7.69. The van der Waals surface area contributed by atoms with Crippen molar-refractivity contribution in [3.8, 4) is 0 Å². The highest BCUT2D eigenvalue weighted by Gasteiger charge is 2.37. The van der Waals surface area contributed by atoms with E-state index in [0.717, 1.165) is 47.5 Å². The van der Waals surface area contributed by atoms with Crippen LogP contribution in [-0.4, -0.2) is 35.6 Å². The summed E-state index contributed by atoms with van der Waals surface area (Å²) in [6.45, 7) is 2.10. The van der Waals surface area contributed by atoms with Crippen molar-refractivity contribution in [1.29, 1.82) is 0 Å². The number of ketones is 1. The maximum Gasteiger partial charge on any atom is 0.257 e. The largest absolute Gasteiger partial charge is 0.378 e. The molecule has 2 aromatic rings. The van der Waals surface area contributed by atoms with E-state index in [1.165, 1.54) is 0 Å². The molecule has 0 bridgehead atoms. The molecule has 0 fully saturated rings. The number of aromatic amines is 1. The van der Waals surface area contributed by atoms with Crippen LogP contribution >= 0.6 is 11.8 Å².